The fraction of sp³-hybridized carbons (Fsp3) is 0.278. The number of rotatable bonds is 7. The summed E-state index contributed by atoms with van der Waals surface area (Å²) in [6, 6.07) is 10.2. The van der Waals surface area contributed by atoms with Gasteiger partial charge in [0.05, 0.1) is 6.61 Å². The van der Waals surface area contributed by atoms with Crippen molar-refractivity contribution >= 4 is 17.5 Å². The van der Waals surface area contributed by atoms with Crippen molar-refractivity contribution in [3.63, 3.8) is 0 Å². The number of amides is 1. The molecule has 0 spiro atoms. The van der Waals surface area contributed by atoms with Crippen molar-refractivity contribution in [3.8, 4) is 5.75 Å². The van der Waals surface area contributed by atoms with E-state index in [-0.39, 0.29) is 11.5 Å². The molecule has 6 heteroatoms. The number of carbonyl (C=O) groups is 1. The largest absolute Gasteiger partial charge is 0.494 e. The topological polar surface area (TPSA) is 29.5 Å². The first-order valence-corrected chi connectivity index (χ1v) is 7.94. The molecule has 0 radical (unpaired) electrons. The third kappa shape index (κ3) is 5.20. The molecular weight excluding hydrogens is 336 g/mol. The van der Waals surface area contributed by atoms with Gasteiger partial charge in [0.1, 0.15) is 5.75 Å². The molecule has 2 aromatic rings. The summed E-state index contributed by atoms with van der Waals surface area (Å²) in [7, 11) is 1.63. The Balaban J connectivity index is 1.72. The van der Waals surface area contributed by atoms with Crippen LogP contribution >= 0.6 is 11.6 Å². The van der Waals surface area contributed by atoms with E-state index >= 15 is 0 Å². The molecule has 0 aliphatic rings. The number of benzene rings is 2. The molecule has 0 bridgehead atoms. The predicted octanol–water partition coefficient (Wildman–Crippen LogP) is 4.55. The first-order chi connectivity index (χ1) is 11.5. The molecule has 0 fully saturated rings. The minimum absolute atomic E-state index is 0.133. The standard InChI is InChI=1S/C18H18ClF2NO2/c1-22(18(23)13-4-9-16(20)17(21)12-13)10-2-3-11-24-15-7-5-14(19)6-8-15/h4-9,12H,2-3,10-11H2,1H3. The molecule has 0 atom stereocenters. The second-order valence-electron chi connectivity index (χ2n) is 5.37. The zero-order chi connectivity index (χ0) is 17.5. The number of hydrogen-bond donors (Lipinski definition) is 0. The minimum atomic E-state index is -1.02. The van der Waals surface area contributed by atoms with Crippen molar-refractivity contribution < 1.29 is 18.3 Å². The summed E-state index contributed by atoms with van der Waals surface area (Å²) in [5, 5.41) is 0.653. The first kappa shape index (κ1) is 18.2. The van der Waals surface area contributed by atoms with Crippen LogP contribution in [0.1, 0.15) is 23.2 Å². The Morgan fingerprint density at radius 2 is 1.79 bits per heavy atom. The van der Waals surface area contributed by atoms with Crippen LogP contribution < -0.4 is 4.74 Å². The van der Waals surface area contributed by atoms with Gasteiger partial charge in [0.15, 0.2) is 11.6 Å². The number of halogens is 3. The molecule has 24 heavy (non-hydrogen) atoms. The van der Waals surface area contributed by atoms with Crippen molar-refractivity contribution in [2.75, 3.05) is 20.2 Å². The highest BCUT2D eigenvalue weighted by Gasteiger charge is 2.13. The van der Waals surface area contributed by atoms with E-state index < -0.39 is 11.6 Å². The molecule has 0 saturated carbocycles. The third-order valence-corrected chi connectivity index (χ3v) is 3.74. The van der Waals surface area contributed by atoms with Gasteiger partial charge in [-0.15, -0.1) is 0 Å². The number of hydrogen-bond acceptors (Lipinski definition) is 2. The second kappa shape index (κ2) is 8.64. The van der Waals surface area contributed by atoms with Crippen molar-refractivity contribution in [2.45, 2.75) is 12.8 Å². The molecule has 3 nitrogen and oxygen atoms in total. The van der Waals surface area contributed by atoms with E-state index in [9.17, 15) is 13.6 Å². The molecular formula is C18H18ClF2NO2. The summed E-state index contributed by atoms with van der Waals surface area (Å²) in [6.45, 7) is 1.02. The fourth-order valence-electron chi connectivity index (χ4n) is 2.12. The van der Waals surface area contributed by atoms with Crippen LogP contribution in [0.2, 0.25) is 5.02 Å². The van der Waals surface area contributed by atoms with E-state index in [0.717, 1.165) is 30.7 Å². The van der Waals surface area contributed by atoms with Gasteiger partial charge in [0, 0.05) is 24.2 Å². The van der Waals surface area contributed by atoms with E-state index in [2.05, 4.69) is 0 Å². The van der Waals surface area contributed by atoms with E-state index in [1.54, 1.807) is 31.3 Å². The summed E-state index contributed by atoms with van der Waals surface area (Å²) < 4.78 is 31.6. The molecule has 0 N–H and O–H groups in total. The van der Waals surface area contributed by atoms with E-state index in [4.69, 9.17) is 16.3 Å². The summed E-state index contributed by atoms with van der Waals surface area (Å²) in [6.07, 6.45) is 1.50. The van der Waals surface area contributed by atoms with Crippen molar-refractivity contribution in [1.82, 2.24) is 4.90 Å². The maximum Gasteiger partial charge on any atom is 0.253 e. The highest BCUT2D eigenvalue weighted by Crippen LogP contribution is 2.16. The van der Waals surface area contributed by atoms with Crippen molar-refractivity contribution in [1.29, 1.82) is 0 Å². The molecule has 2 rings (SSSR count). The lowest BCUT2D eigenvalue weighted by Crippen LogP contribution is -2.28. The van der Waals surface area contributed by atoms with Crippen LogP contribution in [-0.4, -0.2) is 31.0 Å². The maximum absolute atomic E-state index is 13.2. The molecule has 128 valence electrons. The number of ether oxygens (including phenoxy) is 1. The number of carbonyl (C=O) groups excluding carboxylic acids is 1. The Bertz CT molecular complexity index is 692. The Labute approximate surface area is 144 Å². The number of unbranched alkanes of at least 4 members (excludes halogenated alkanes) is 1. The highest BCUT2D eigenvalue weighted by atomic mass is 35.5. The smallest absolute Gasteiger partial charge is 0.253 e. The predicted molar refractivity (Wildman–Crippen MR) is 89.5 cm³/mol. The van der Waals surface area contributed by atoms with Gasteiger partial charge in [-0.05, 0) is 55.3 Å². The van der Waals surface area contributed by atoms with Gasteiger partial charge in [-0.3, -0.25) is 4.79 Å². The summed E-state index contributed by atoms with van der Waals surface area (Å²) >= 11 is 5.79. The van der Waals surface area contributed by atoms with Gasteiger partial charge in [0.25, 0.3) is 5.91 Å². The Morgan fingerprint density at radius 3 is 2.46 bits per heavy atom. The van der Waals surface area contributed by atoms with Crippen LogP contribution in [0, 0.1) is 11.6 Å². The Hall–Kier alpha value is -2.14. The minimum Gasteiger partial charge on any atom is -0.494 e. The van der Waals surface area contributed by atoms with Crippen LogP contribution in [0.4, 0.5) is 8.78 Å². The molecule has 2 aromatic carbocycles. The molecule has 0 aliphatic carbocycles. The molecule has 0 aromatic heterocycles. The van der Waals surface area contributed by atoms with Crippen LogP contribution in [-0.2, 0) is 0 Å². The lowest BCUT2D eigenvalue weighted by molar-refractivity contribution is 0.0790. The Kier molecular flexibility index (Phi) is 6.55. The zero-order valence-corrected chi connectivity index (χ0v) is 14.0. The van der Waals surface area contributed by atoms with Crippen molar-refractivity contribution in [2.24, 2.45) is 0 Å². The third-order valence-electron chi connectivity index (χ3n) is 3.48. The highest BCUT2D eigenvalue weighted by molar-refractivity contribution is 6.30. The molecule has 0 unspecified atom stereocenters. The van der Waals surface area contributed by atoms with Crippen LogP contribution in [0.25, 0.3) is 0 Å². The van der Waals surface area contributed by atoms with E-state index in [1.165, 1.54) is 11.0 Å². The maximum atomic E-state index is 13.2. The quantitative estimate of drug-likeness (QED) is 0.683. The van der Waals surface area contributed by atoms with Gasteiger partial charge in [-0.25, -0.2) is 8.78 Å². The SMILES string of the molecule is CN(CCCCOc1ccc(Cl)cc1)C(=O)c1ccc(F)c(F)c1. The lowest BCUT2D eigenvalue weighted by Gasteiger charge is -2.17. The van der Waals surface area contributed by atoms with Gasteiger partial charge in [-0.2, -0.15) is 0 Å². The van der Waals surface area contributed by atoms with Gasteiger partial charge >= 0.3 is 0 Å². The average Bonchev–Trinajstić information content (AvgIpc) is 2.58. The van der Waals surface area contributed by atoms with E-state index in [1.807, 2.05) is 0 Å². The molecule has 0 heterocycles. The van der Waals surface area contributed by atoms with Gasteiger partial charge in [-0.1, -0.05) is 11.6 Å². The van der Waals surface area contributed by atoms with E-state index in [0.29, 0.717) is 18.2 Å². The summed E-state index contributed by atoms with van der Waals surface area (Å²) in [5.74, 6) is -1.59. The average molecular weight is 354 g/mol. The normalized spacial score (nSPS) is 10.5. The Morgan fingerprint density at radius 1 is 1.08 bits per heavy atom. The fourth-order valence-corrected chi connectivity index (χ4v) is 2.25. The molecule has 0 saturated heterocycles. The monoisotopic (exact) mass is 353 g/mol. The van der Waals surface area contributed by atoms with Crippen LogP contribution in [0.3, 0.4) is 0 Å². The van der Waals surface area contributed by atoms with Gasteiger partial charge in [0.2, 0.25) is 0 Å². The lowest BCUT2D eigenvalue weighted by atomic mass is 10.2. The number of nitrogens with zero attached hydrogens (tertiary/aromatic N) is 1. The molecule has 0 aliphatic heterocycles. The van der Waals surface area contributed by atoms with Crippen LogP contribution in [0.15, 0.2) is 42.5 Å². The summed E-state index contributed by atoms with van der Waals surface area (Å²) in [5.41, 5.74) is 0.133. The molecule has 1 amide bonds. The zero-order valence-electron chi connectivity index (χ0n) is 13.3. The summed E-state index contributed by atoms with van der Waals surface area (Å²) in [4.78, 5) is 13.6. The second-order valence-corrected chi connectivity index (χ2v) is 5.80. The van der Waals surface area contributed by atoms with Gasteiger partial charge < -0.3 is 9.64 Å². The first-order valence-electron chi connectivity index (χ1n) is 7.56. The van der Waals surface area contributed by atoms with Crippen LogP contribution in [0.5, 0.6) is 5.75 Å². The van der Waals surface area contributed by atoms with Crippen molar-refractivity contribution in [3.05, 3.63) is 64.7 Å².